The molecule has 0 N–H and O–H groups in total. The molecule has 4 rings (SSSR count). The Morgan fingerprint density at radius 3 is 2.92 bits per heavy atom. The van der Waals surface area contributed by atoms with Crippen LogP contribution in [0.1, 0.15) is 22.5 Å². The van der Waals surface area contributed by atoms with Crippen molar-refractivity contribution in [2.75, 3.05) is 26.2 Å². The van der Waals surface area contributed by atoms with Gasteiger partial charge in [-0.05, 0) is 36.8 Å². The minimum atomic E-state index is 0.120. The monoisotopic (exact) mass is 352 g/mol. The van der Waals surface area contributed by atoms with E-state index < -0.39 is 0 Å². The Morgan fingerprint density at radius 2 is 2.04 bits per heavy atom. The van der Waals surface area contributed by atoms with Gasteiger partial charge in [-0.3, -0.25) is 14.7 Å². The van der Waals surface area contributed by atoms with Gasteiger partial charge in [0.2, 0.25) is 0 Å². The second-order valence-corrected chi connectivity index (χ2v) is 7.16. The number of hydrogen-bond donors (Lipinski definition) is 0. The first-order chi connectivity index (χ1) is 12.3. The Balaban J connectivity index is 1.42. The molecule has 6 heteroatoms. The van der Waals surface area contributed by atoms with E-state index in [0.717, 1.165) is 60.6 Å². The summed E-state index contributed by atoms with van der Waals surface area (Å²) in [4.78, 5) is 25.9. The number of pyridine rings is 1. The molecular formula is C19H20N4OS. The number of aromatic nitrogens is 2. The summed E-state index contributed by atoms with van der Waals surface area (Å²) in [5.74, 6) is 0.120. The van der Waals surface area contributed by atoms with Gasteiger partial charge in [-0.25, -0.2) is 4.98 Å². The molecule has 1 aliphatic heterocycles. The number of thiazole rings is 1. The average Bonchev–Trinajstić information content (AvgIpc) is 3.00. The molecule has 0 bridgehead atoms. The van der Waals surface area contributed by atoms with Crippen LogP contribution in [0.25, 0.3) is 10.2 Å². The molecule has 25 heavy (non-hydrogen) atoms. The van der Waals surface area contributed by atoms with Crippen LogP contribution in [-0.4, -0.2) is 51.9 Å². The summed E-state index contributed by atoms with van der Waals surface area (Å²) in [6, 6.07) is 11.8. The third kappa shape index (κ3) is 3.70. The molecule has 128 valence electrons. The van der Waals surface area contributed by atoms with E-state index in [-0.39, 0.29) is 5.91 Å². The first kappa shape index (κ1) is 16.2. The number of rotatable bonds is 3. The van der Waals surface area contributed by atoms with E-state index in [9.17, 15) is 4.79 Å². The van der Waals surface area contributed by atoms with Crippen LogP contribution in [-0.2, 0) is 6.54 Å². The Labute approximate surface area is 150 Å². The zero-order valence-electron chi connectivity index (χ0n) is 14.0. The standard InChI is InChI=1S/C19H20N4OS/c24-19(15-5-6-17-18(12-15)25-14-21-17)23-9-3-8-22(10-11-23)13-16-4-1-2-7-20-16/h1-2,4-7,12,14H,3,8-11,13H2. The van der Waals surface area contributed by atoms with Gasteiger partial charge in [0.15, 0.2) is 0 Å². The van der Waals surface area contributed by atoms with Crippen LogP contribution in [0.3, 0.4) is 0 Å². The van der Waals surface area contributed by atoms with E-state index in [1.54, 1.807) is 11.3 Å². The maximum absolute atomic E-state index is 12.9. The molecule has 0 saturated carbocycles. The largest absolute Gasteiger partial charge is 0.337 e. The highest BCUT2D eigenvalue weighted by Crippen LogP contribution is 2.20. The van der Waals surface area contributed by atoms with Gasteiger partial charge < -0.3 is 4.90 Å². The van der Waals surface area contributed by atoms with Gasteiger partial charge in [0.25, 0.3) is 5.91 Å². The SMILES string of the molecule is O=C(c1ccc2ncsc2c1)N1CCCN(Cc2ccccn2)CC1. The lowest BCUT2D eigenvalue weighted by atomic mass is 10.2. The molecule has 0 unspecified atom stereocenters. The van der Waals surface area contributed by atoms with Gasteiger partial charge in [0, 0.05) is 44.5 Å². The molecular weight excluding hydrogens is 332 g/mol. The van der Waals surface area contributed by atoms with Crippen LogP contribution >= 0.6 is 11.3 Å². The summed E-state index contributed by atoms with van der Waals surface area (Å²) < 4.78 is 1.07. The number of benzene rings is 1. The van der Waals surface area contributed by atoms with E-state index in [1.807, 2.05) is 46.9 Å². The van der Waals surface area contributed by atoms with Gasteiger partial charge in [-0.1, -0.05) is 6.07 Å². The fourth-order valence-corrected chi connectivity index (χ4v) is 3.94. The van der Waals surface area contributed by atoms with Crippen molar-refractivity contribution in [1.29, 1.82) is 0 Å². The highest BCUT2D eigenvalue weighted by Gasteiger charge is 2.21. The molecule has 0 radical (unpaired) electrons. The summed E-state index contributed by atoms with van der Waals surface area (Å²) in [7, 11) is 0. The van der Waals surface area contributed by atoms with Crippen LogP contribution in [0.4, 0.5) is 0 Å². The van der Waals surface area contributed by atoms with Crippen molar-refractivity contribution >= 4 is 27.5 Å². The minimum absolute atomic E-state index is 0.120. The maximum atomic E-state index is 12.9. The van der Waals surface area contributed by atoms with Crippen LogP contribution in [0.2, 0.25) is 0 Å². The molecule has 2 aromatic heterocycles. The van der Waals surface area contributed by atoms with Crippen LogP contribution < -0.4 is 0 Å². The maximum Gasteiger partial charge on any atom is 0.253 e. The Hall–Kier alpha value is -2.31. The van der Waals surface area contributed by atoms with E-state index in [4.69, 9.17) is 0 Å². The van der Waals surface area contributed by atoms with Crippen molar-refractivity contribution in [2.24, 2.45) is 0 Å². The zero-order chi connectivity index (χ0) is 17.1. The van der Waals surface area contributed by atoms with Crippen molar-refractivity contribution in [3.8, 4) is 0 Å². The first-order valence-electron chi connectivity index (χ1n) is 8.54. The summed E-state index contributed by atoms with van der Waals surface area (Å²) in [5, 5.41) is 0. The minimum Gasteiger partial charge on any atom is -0.337 e. The predicted molar refractivity (Wildman–Crippen MR) is 99.7 cm³/mol. The summed E-state index contributed by atoms with van der Waals surface area (Å²) in [6.45, 7) is 4.28. The van der Waals surface area contributed by atoms with E-state index in [2.05, 4.69) is 20.9 Å². The third-order valence-corrected chi connectivity index (χ3v) is 5.36. The second-order valence-electron chi connectivity index (χ2n) is 6.28. The van der Waals surface area contributed by atoms with Gasteiger partial charge in [0.05, 0.1) is 21.4 Å². The molecule has 1 saturated heterocycles. The smallest absolute Gasteiger partial charge is 0.253 e. The fourth-order valence-electron chi connectivity index (χ4n) is 3.22. The number of hydrogen-bond acceptors (Lipinski definition) is 5. The normalized spacial score (nSPS) is 16.1. The number of amides is 1. The molecule has 1 fully saturated rings. The van der Waals surface area contributed by atoms with Gasteiger partial charge in [-0.2, -0.15) is 0 Å². The molecule has 1 aromatic carbocycles. The Morgan fingerprint density at radius 1 is 1.08 bits per heavy atom. The molecule has 0 aliphatic carbocycles. The second kappa shape index (κ2) is 7.29. The van der Waals surface area contributed by atoms with Crippen LogP contribution in [0, 0.1) is 0 Å². The lowest BCUT2D eigenvalue weighted by Crippen LogP contribution is -2.35. The van der Waals surface area contributed by atoms with E-state index in [0.29, 0.717) is 0 Å². The van der Waals surface area contributed by atoms with Gasteiger partial charge >= 0.3 is 0 Å². The Kier molecular flexibility index (Phi) is 4.72. The quantitative estimate of drug-likeness (QED) is 0.727. The van der Waals surface area contributed by atoms with Crippen LogP contribution in [0.15, 0.2) is 48.1 Å². The summed E-state index contributed by atoms with van der Waals surface area (Å²) in [5.41, 5.74) is 4.62. The highest BCUT2D eigenvalue weighted by atomic mass is 32.1. The van der Waals surface area contributed by atoms with Crippen LogP contribution in [0.5, 0.6) is 0 Å². The zero-order valence-corrected chi connectivity index (χ0v) is 14.8. The average molecular weight is 352 g/mol. The lowest BCUT2D eigenvalue weighted by Gasteiger charge is -2.22. The van der Waals surface area contributed by atoms with Crippen molar-refractivity contribution in [3.05, 3.63) is 59.4 Å². The number of nitrogens with zero attached hydrogens (tertiary/aromatic N) is 4. The van der Waals surface area contributed by atoms with E-state index >= 15 is 0 Å². The molecule has 5 nitrogen and oxygen atoms in total. The van der Waals surface area contributed by atoms with Crippen molar-refractivity contribution in [3.63, 3.8) is 0 Å². The number of carbonyl (C=O) groups is 1. The van der Waals surface area contributed by atoms with E-state index in [1.165, 1.54) is 0 Å². The molecule has 3 heterocycles. The number of carbonyl (C=O) groups excluding carboxylic acids is 1. The van der Waals surface area contributed by atoms with Gasteiger partial charge in [-0.15, -0.1) is 11.3 Å². The third-order valence-electron chi connectivity index (χ3n) is 4.57. The Bertz CT molecular complexity index is 864. The topological polar surface area (TPSA) is 49.3 Å². The molecule has 1 aliphatic rings. The molecule has 0 atom stereocenters. The first-order valence-corrected chi connectivity index (χ1v) is 9.42. The molecule has 1 amide bonds. The molecule has 3 aromatic rings. The van der Waals surface area contributed by atoms with Gasteiger partial charge in [0.1, 0.15) is 0 Å². The van der Waals surface area contributed by atoms with Crippen molar-refractivity contribution < 1.29 is 4.79 Å². The lowest BCUT2D eigenvalue weighted by molar-refractivity contribution is 0.0761. The summed E-state index contributed by atoms with van der Waals surface area (Å²) >= 11 is 1.57. The van der Waals surface area contributed by atoms with Crippen molar-refractivity contribution in [1.82, 2.24) is 19.8 Å². The fraction of sp³-hybridized carbons (Fsp3) is 0.316. The highest BCUT2D eigenvalue weighted by molar-refractivity contribution is 7.16. The molecule has 0 spiro atoms. The van der Waals surface area contributed by atoms with Crippen molar-refractivity contribution in [2.45, 2.75) is 13.0 Å². The predicted octanol–water partition coefficient (Wildman–Crippen LogP) is 3.04. The number of fused-ring (bicyclic) bond motifs is 1. The summed E-state index contributed by atoms with van der Waals surface area (Å²) in [6.07, 6.45) is 2.82.